The minimum absolute atomic E-state index is 0.987. The number of nitrogens with one attached hydrogen (secondary N) is 1. The van der Waals surface area contributed by atoms with Crippen LogP contribution in [0, 0.1) is 12.8 Å². The molecule has 0 unspecified atom stereocenters. The number of unbranched alkanes of at least 4 members (excludes halogenated alkanes) is 4. The minimum atomic E-state index is 0.987. The molecular weight excluding hydrogens is 474 g/mol. The first-order chi connectivity index (χ1) is 19.1. The molecule has 2 aromatic carbocycles. The molecule has 0 saturated heterocycles. The molecule has 1 saturated carbocycles. The highest BCUT2D eigenvalue weighted by Gasteiger charge is 2.22. The fourth-order valence-corrected chi connectivity index (χ4v) is 5.52. The number of aryl methyl sites for hydroxylation is 1. The Labute approximate surface area is 240 Å². The Hall–Kier alpha value is -2.36. The van der Waals surface area contributed by atoms with Crippen LogP contribution < -0.4 is 10.2 Å². The molecule has 3 rings (SSSR count). The van der Waals surface area contributed by atoms with Crippen LogP contribution >= 0.6 is 0 Å². The fourth-order valence-electron chi connectivity index (χ4n) is 5.52. The van der Waals surface area contributed by atoms with Gasteiger partial charge < -0.3 is 10.2 Å². The Bertz CT molecular complexity index is 1020. The topological polar surface area (TPSA) is 18.5 Å². The van der Waals surface area contributed by atoms with Gasteiger partial charge in [-0.05, 0) is 113 Å². The SMILES string of the molecule is C/C=C\c1ccc(-c2ccc(N(CCCCCCCNC)/C(=C/C)CN(CCC)CCC3CC3)cc2)cc1C. The van der Waals surface area contributed by atoms with Crippen LogP contribution in [0.15, 0.2) is 60.3 Å². The predicted octanol–water partition coefficient (Wildman–Crippen LogP) is 9.09. The van der Waals surface area contributed by atoms with Crippen LogP contribution in [0.5, 0.6) is 0 Å². The Morgan fingerprint density at radius 1 is 0.897 bits per heavy atom. The average Bonchev–Trinajstić information content (AvgIpc) is 3.78. The van der Waals surface area contributed by atoms with Gasteiger partial charge in [-0.15, -0.1) is 0 Å². The molecule has 0 amide bonds. The summed E-state index contributed by atoms with van der Waals surface area (Å²) in [5.74, 6) is 0.987. The molecule has 3 nitrogen and oxygen atoms in total. The standard InChI is InChI=1S/C36H55N3/c1-6-14-32-17-18-34(28-30(32)4)33-19-21-36(22-20-33)39(26-13-11-9-10-12-24-37-5)35(8-3)29-38(25-7-2)27-23-31-15-16-31/h6,8,14,17-22,28,31,37H,7,9-13,15-16,23-27,29H2,1-5H3/b14-6-,35-8+. The van der Waals surface area contributed by atoms with Gasteiger partial charge in [0, 0.05) is 24.5 Å². The molecule has 0 aromatic heterocycles. The molecule has 214 valence electrons. The lowest BCUT2D eigenvalue weighted by atomic mass is 9.99. The lowest BCUT2D eigenvalue weighted by molar-refractivity contribution is 0.284. The van der Waals surface area contributed by atoms with Crippen LogP contribution in [0.3, 0.4) is 0 Å². The first kappa shape index (κ1) is 31.2. The van der Waals surface area contributed by atoms with Crippen molar-refractivity contribution in [2.75, 3.05) is 44.7 Å². The molecule has 0 atom stereocenters. The second kappa shape index (κ2) is 17.4. The van der Waals surface area contributed by atoms with Gasteiger partial charge >= 0.3 is 0 Å². The highest BCUT2D eigenvalue weighted by molar-refractivity contribution is 5.70. The molecule has 2 aromatic rings. The monoisotopic (exact) mass is 529 g/mol. The van der Waals surface area contributed by atoms with E-state index in [0.29, 0.717) is 0 Å². The second-order valence-corrected chi connectivity index (χ2v) is 11.4. The van der Waals surface area contributed by atoms with Crippen molar-refractivity contribution in [1.29, 1.82) is 0 Å². The number of nitrogens with zero attached hydrogens (tertiary/aromatic N) is 2. The summed E-state index contributed by atoms with van der Waals surface area (Å²) in [6.07, 6.45) is 18.6. The van der Waals surface area contributed by atoms with E-state index in [-0.39, 0.29) is 0 Å². The molecule has 0 heterocycles. The maximum Gasteiger partial charge on any atom is 0.0408 e. The summed E-state index contributed by atoms with van der Waals surface area (Å²) in [6, 6.07) is 16.1. The third-order valence-electron chi connectivity index (χ3n) is 8.09. The van der Waals surface area contributed by atoms with E-state index in [2.05, 4.69) is 104 Å². The smallest absolute Gasteiger partial charge is 0.0408 e. The first-order valence-electron chi connectivity index (χ1n) is 15.7. The zero-order valence-corrected chi connectivity index (χ0v) is 25.6. The lowest BCUT2D eigenvalue weighted by Gasteiger charge is -2.32. The fraction of sp³-hybridized carbons (Fsp3) is 0.556. The molecular formula is C36H55N3. The number of hydrogen-bond acceptors (Lipinski definition) is 3. The minimum Gasteiger partial charge on any atom is -0.344 e. The molecule has 0 bridgehead atoms. The summed E-state index contributed by atoms with van der Waals surface area (Å²) in [4.78, 5) is 5.30. The van der Waals surface area contributed by atoms with Crippen molar-refractivity contribution in [3.05, 3.63) is 71.4 Å². The van der Waals surface area contributed by atoms with Crippen molar-refractivity contribution in [3.63, 3.8) is 0 Å². The van der Waals surface area contributed by atoms with E-state index in [1.165, 1.54) is 105 Å². The van der Waals surface area contributed by atoms with Gasteiger partial charge in [-0.3, -0.25) is 4.90 Å². The highest BCUT2D eigenvalue weighted by atomic mass is 15.2. The second-order valence-electron chi connectivity index (χ2n) is 11.4. The number of allylic oxidation sites excluding steroid dienone is 2. The van der Waals surface area contributed by atoms with Crippen molar-refractivity contribution in [2.45, 2.75) is 85.5 Å². The van der Waals surface area contributed by atoms with Gasteiger partial charge in [-0.25, -0.2) is 0 Å². The van der Waals surface area contributed by atoms with Gasteiger partial charge in [0.25, 0.3) is 0 Å². The maximum absolute atomic E-state index is 3.27. The van der Waals surface area contributed by atoms with Crippen molar-refractivity contribution in [1.82, 2.24) is 10.2 Å². The van der Waals surface area contributed by atoms with Crippen LogP contribution in [-0.2, 0) is 0 Å². The van der Waals surface area contributed by atoms with E-state index < -0.39 is 0 Å². The van der Waals surface area contributed by atoms with E-state index >= 15 is 0 Å². The summed E-state index contributed by atoms with van der Waals surface area (Å²) >= 11 is 0. The van der Waals surface area contributed by atoms with E-state index in [1.807, 2.05) is 7.05 Å². The van der Waals surface area contributed by atoms with Gasteiger partial charge in [0.2, 0.25) is 0 Å². The summed E-state index contributed by atoms with van der Waals surface area (Å²) < 4.78 is 0. The molecule has 0 radical (unpaired) electrons. The maximum atomic E-state index is 3.27. The van der Waals surface area contributed by atoms with Crippen LogP contribution in [0.4, 0.5) is 5.69 Å². The zero-order chi connectivity index (χ0) is 27.9. The quantitative estimate of drug-likeness (QED) is 0.183. The third kappa shape index (κ3) is 10.6. The van der Waals surface area contributed by atoms with Gasteiger partial charge in [-0.1, -0.05) is 87.6 Å². The Kier molecular flexibility index (Phi) is 13.9. The lowest BCUT2D eigenvalue weighted by Crippen LogP contribution is -2.35. The van der Waals surface area contributed by atoms with Crippen molar-refractivity contribution < 1.29 is 0 Å². The molecule has 3 heteroatoms. The Morgan fingerprint density at radius 2 is 1.62 bits per heavy atom. The molecule has 0 aliphatic heterocycles. The van der Waals surface area contributed by atoms with Crippen LogP contribution in [0.2, 0.25) is 0 Å². The third-order valence-corrected chi connectivity index (χ3v) is 8.09. The summed E-state index contributed by atoms with van der Waals surface area (Å²) in [6.45, 7) is 14.5. The van der Waals surface area contributed by atoms with Crippen molar-refractivity contribution >= 4 is 11.8 Å². The molecule has 1 aliphatic carbocycles. The van der Waals surface area contributed by atoms with Gasteiger partial charge in [-0.2, -0.15) is 0 Å². The number of rotatable bonds is 19. The van der Waals surface area contributed by atoms with Crippen LogP contribution in [0.1, 0.15) is 89.7 Å². The molecule has 39 heavy (non-hydrogen) atoms. The van der Waals surface area contributed by atoms with Gasteiger partial charge in [0.1, 0.15) is 0 Å². The highest BCUT2D eigenvalue weighted by Crippen LogP contribution is 2.33. The molecule has 1 fully saturated rings. The molecule has 0 spiro atoms. The van der Waals surface area contributed by atoms with Gasteiger partial charge in [0.15, 0.2) is 0 Å². The molecule has 1 aliphatic rings. The zero-order valence-electron chi connectivity index (χ0n) is 25.6. The summed E-state index contributed by atoms with van der Waals surface area (Å²) in [7, 11) is 2.05. The van der Waals surface area contributed by atoms with Crippen LogP contribution in [-0.4, -0.2) is 44.7 Å². The normalized spacial score (nSPS) is 14.1. The van der Waals surface area contributed by atoms with Crippen molar-refractivity contribution in [2.24, 2.45) is 5.92 Å². The summed E-state index contributed by atoms with van der Waals surface area (Å²) in [5.41, 5.74) is 7.98. The number of benzene rings is 2. The van der Waals surface area contributed by atoms with Gasteiger partial charge in [0.05, 0.1) is 0 Å². The average molecular weight is 530 g/mol. The van der Waals surface area contributed by atoms with E-state index in [4.69, 9.17) is 0 Å². The number of anilines is 1. The van der Waals surface area contributed by atoms with E-state index in [9.17, 15) is 0 Å². The largest absolute Gasteiger partial charge is 0.344 e. The van der Waals surface area contributed by atoms with Crippen LogP contribution in [0.25, 0.3) is 17.2 Å². The number of hydrogen-bond donors (Lipinski definition) is 1. The molecule has 1 N–H and O–H groups in total. The predicted molar refractivity (Wildman–Crippen MR) is 174 cm³/mol. The van der Waals surface area contributed by atoms with E-state index in [0.717, 1.165) is 25.6 Å². The summed E-state index contributed by atoms with van der Waals surface area (Å²) in [5, 5.41) is 3.27. The Balaban J connectivity index is 1.74. The first-order valence-corrected chi connectivity index (χ1v) is 15.7. The van der Waals surface area contributed by atoms with Crippen molar-refractivity contribution in [3.8, 4) is 11.1 Å². The Morgan fingerprint density at radius 3 is 2.26 bits per heavy atom. The van der Waals surface area contributed by atoms with E-state index in [1.54, 1.807) is 0 Å².